The third-order valence-electron chi connectivity index (χ3n) is 4.88. The molecule has 0 spiro atoms. The van der Waals surface area contributed by atoms with Crippen LogP contribution in [0.1, 0.15) is 35.6 Å². The number of carbonyl (C=O) groups is 2. The fourth-order valence-electron chi connectivity index (χ4n) is 3.26. The highest BCUT2D eigenvalue weighted by Crippen LogP contribution is 2.31. The lowest BCUT2D eigenvalue weighted by Gasteiger charge is -2.26. The summed E-state index contributed by atoms with van der Waals surface area (Å²) in [5.41, 5.74) is 1.60. The Balaban J connectivity index is 1.78. The van der Waals surface area contributed by atoms with E-state index in [2.05, 4.69) is 5.32 Å². The Bertz CT molecular complexity index is 916. The van der Waals surface area contributed by atoms with E-state index in [1.165, 1.54) is 4.90 Å². The van der Waals surface area contributed by atoms with Gasteiger partial charge in [-0.1, -0.05) is 35.9 Å². The first-order chi connectivity index (χ1) is 13.4. The standard InChI is InChI=1S/C20H24N2O4S2/c1-15-7-9-16(10-8-15)17(28(25,26)18-6-5-13-27-18)14-21-19(23)20(24)22-11-3-2-4-12-22/h5-10,13,17H,2-4,11-12,14H2,1H3,(H,21,23)/t17-/m1/s1. The average molecular weight is 421 g/mol. The summed E-state index contributed by atoms with van der Waals surface area (Å²) in [5.74, 6) is -1.34. The molecule has 2 aromatic rings. The molecule has 0 bridgehead atoms. The number of rotatable bonds is 5. The fourth-order valence-corrected chi connectivity index (χ4v) is 6.12. The van der Waals surface area contributed by atoms with Crippen LogP contribution in [0, 0.1) is 6.92 Å². The van der Waals surface area contributed by atoms with Gasteiger partial charge in [-0.3, -0.25) is 9.59 Å². The van der Waals surface area contributed by atoms with Crippen molar-refractivity contribution in [2.75, 3.05) is 19.6 Å². The molecule has 0 aliphatic carbocycles. The van der Waals surface area contributed by atoms with Gasteiger partial charge in [-0.2, -0.15) is 0 Å². The van der Waals surface area contributed by atoms with Crippen molar-refractivity contribution < 1.29 is 18.0 Å². The Morgan fingerprint density at radius 2 is 1.79 bits per heavy atom. The van der Waals surface area contributed by atoms with Crippen LogP contribution in [-0.2, 0) is 19.4 Å². The Morgan fingerprint density at radius 3 is 2.39 bits per heavy atom. The van der Waals surface area contributed by atoms with Crippen molar-refractivity contribution in [3.63, 3.8) is 0 Å². The van der Waals surface area contributed by atoms with E-state index in [0.717, 1.165) is 36.2 Å². The highest BCUT2D eigenvalue weighted by molar-refractivity contribution is 7.93. The molecular weight excluding hydrogens is 396 g/mol. The normalized spacial score (nSPS) is 15.8. The summed E-state index contributed by atoms with van der Waals surface area (Å²) in [6.45, 7) is 2.91. The molecule has 2 heterocycles. The second-order valence-corrected chi connectivity index (χ2v) is 10.2. The molecule has 1 saturated heterocycles. The number of hydrogen-bond donors (Lipinski definition) is 1. The van der Waals surface area contributed by atoms with E-state index in [4.69, 9.17) is 0 Å². The van der Waals surface area contributed by atoms with Gasteiger partial charge in [0.05, 0.1) is 0 Å². The monoisotopic (exact) mass is 420 g/mol. The Hall–Kier alpha value is -2.19. The van der Waals surface area contributed by atoms with Gasteiger partial charge in [-0.25, -0.2) is 8.42 Å². The molecule has 0 saturated carbocycles. The highest BCUT2D eigenvalue weighted by Gasteiger charge is 2.32. The SMILES string of the molecule is Cc1ccc([C@@H](CNC(=O)C(=O)N2CCCCC2)S(=O)(=O)c2cccs2)cc1. The first-order valence-corrected chi connectivity index (χ1v) is 11.7. The fraction of sp³-hybridized carbons (Fsp3) is 0.400. The Kier molecular flexibility index (Phi) is 6.51. The average Bonchev–Trinajstić information content (AvgIpc) is 3.25. The summed E-state index contributed by atoms with van der Waals surface area (Å²) in [6.07, 6.45) is 2.83. The van der Waals surface area contributed by atoms with E-state index in [9.17, 15) is 18.0 Å². The number of aryl methyl sites for hydroxylation is 1. The number of likely N-dealkylation sites (tertiary alicyclic amines) is 1. The molecule has 1 aliphatic heterocycles. The van der Waals surface area contributed by atoms with E-state index in [1.54, 1.807) is 29.6 Å². The van der Waals surface area contributed by atoms with Crippen LogP contribution in [-0.4, -0.2) is 44.8 Å². The third-order valence-corrected chi connectivity index (χ3v) is 8.42. The summed E-state index contributed by atoms with van der Waals surface area (Å²) in [7, 11) is -3.69. The molecule has 28 heavy (non-hydrogen) atoms. The molecule has 6 nitrogen and oxygen atoms in total. The van der Waals surface area contributed by atoms with Gasteiger partial charge in [0.1, 0.15) is 9.46 Å². The van der Waals surface area contributed by atoms with Crippen molar-refractivity contribution in [2.24, 2.45) is 0 Å². The summed E-state index contributed by atoms with van der Waals surface area (Å²) < 4.78 is 26.5. The lowest BCUT2D eigenvalue weighted by atomic mass is 10.1. The maximum absolute atomic E-state index is 13.1. The largest absolute Gasteiger partial charge is 0.346 e. The van der Waals surface area contributed by atoms with Crippen molar-refractivity contribution in [3.05, 3.63) is 52.9 Å². The van der Waals surface area contributed by atoms with Gasteiger partial charge >= 0.3 is 11.8 Å². The Labute approximate surface area is 169 Å². The molecule has 150 valence electrons. The van der Waals surface area contributed by atoms with Crippen LogP contribution < -0.4 is 5.32 Å². The molecule has 1 fully saturated rings. The number of nitrogens with one attached hydrogen (secondary N) is 1. The number of benzene rings is 1. The predicted molar refractivity (Wildman–Crippen MR) is 109 cm³/mol. The zero-order valence-electron chi connectivity index (χ0n) is 15.8. The third kappa shape index (κ3) is 4.62. The molecule has 0 radical (unpaired) electrons. The zero-order chi connectivity index (χ0) is 20.1. The number of thiophene rings is 1. The predicted octanol–water partition coefficient (Wildman–Crippen LogP) is 2.70. The van der Waals surface area contributed by atoms with E-state index in [0.29, 0.717) is 18.7 Å². The molecular formula is C20H24N2O4S2. The van der Waals surface area contributed by atoms with Gasteiger partial charge in [-0.05, 0) is 43.2 Å². The van der Waals surface area contributed by atoms with Gasteiger partial charge < -0.3 is 10.2 Å². The lowest BCUT2D eigenvalue weighted by molar-refractivity contribution is -0.146. The van der Waals surface area contributed by atoms with Crippen LogP contribution in [0.15, 0.2) is 46.0 Å². The van der Waals surface area contributed by atoms with Gasteiger partial charge in [0.25, 0.3) is 0 Å². The van der Waals surface area contributed by atoms with Crippen molar-refractivity contribution in [1.82, 2.24) is 10.2 Å². The number of nitrogens with zero attached hydrogens (tertiary/aromatic N) is 1. The number of sulfone groups is 1. The number of amides is 2. The van der Waals surface area contributed by atoms with Crippen LogP contribution in [0.4, 0.5) is 0 Å². The number of piperidine rings is 1. The molecule has 0 unspecified atom stereocenters. The molecule has 1 aliphatic rings. The van der Waals surface area contributed by atoms with E-state index < -0.39 is 26.9 Å². The molecule has 8 heteroatoms. The van der Waals surface area contributed by atoms with Gasteiger partial charge in [0.15, 0.2) is 9.84 Å². The lowest BCUT2D eigenvalue weighted by Crippen LogP contribution is -2.46. The van der Waals surface area contributed by atoms with Crippen molar-refractivity contribution >= 4 is 33.0 Å². The smallest absolute Gasteiger partial charge is 0.311 e. The zero-order valence-corrected chi connectivity index (χ0v) is 17.4. The maximum Gasteiger partial charge on any atom is 0.311 e. The summed E-state index contributed by atoms with van der Waals surface area (Å²) >= 11 is 1.14. The first kappa shape index (κ1) is 20.5. The second-order valence-electron chi connectivity index (χ2n) is 6.94. The number of carbonyl (C=O) groups excluding carboxylic acids is 2. The van der Waals surface area contributed by atoms with Gasteiger partial charge in [0, 0.05) is 19.6 Å². The summed E-state index contributed by atoms with van der Waals surface area (Å²) in [5, 5.41) is 3.31. The molecule has 1 atom stereocenters. The van der Waals surface area contributed by atoms with E-state index in [-0.39, 0.29) is 10.8 Å². The van der Waals surface area contributed by atoms with Crippen molar-refractivity contribution in [1.29, 1.82) is 0 Å². The summed E-state index contributed by atoms with van der Waals surface area (Å²) in [6, 6.07) is 10.4. The minimum atomic E-state index is -3.69. The van der Waals surface area contributed by atoms with Gasteiger partial charge in [-0.15, -0.1) is 11.3 Å². The highest BCUT2D eigenvalue weighted by atomic mass is 32.2. The van der Waals surface area contributed by atoms with Crippen LogP contribution >= 0.6 is 11.3 Å². The molecule has 2 amide bonds. The topological polar surface area (TPSA) is 83.6 Å². The number of hydrogen-bond acceptors (Lipinski definition) is 5. The van der Waals surface area contributed by atoms with Gasteiger partial charge in [0.2, 0.25) is 0 Å². The maximum atomic E-state index is 13.1. The van der Waals surface area contributed by atoms with E-state index >= 15 is 0 Å². The van der Waals surface area contributed by atoms with E-state index in [1.807, 2.05) is 19.1 Å². The first-order valence-electron chi connectivity index (χ1n) is 9.30. The van der Waals surface area contributed by atoms with Crippen LogP contribution in [0.2, 0.25) is 0 Å². The molecule has 1 aromatic carbocycles. The van der Waals surface area contributed by atoms with Crippen molar-refractivity contribution in [3.8, 4) is 0 Å². The van der Waals surface area contributed by atoms with Crippen LogP contribution in [0.5, 0.6) is 0 Å². The second kappa shape index (κ2) is 8.87. The minimum Gasteiger partial charge on any atom is -0.346 e. The summed E-state index contributed by atoms with van der Waals surface area (Å²) in [4.78, 5) is 26.2. The quantitative estimate of drug-likeness (QED) is 0.754. The van der Waals surface area contributed by atoms with Crippen molar-refractivity contribution in [2.45, 2.75) is 35.6 Å². The van der Waals surface area contributed by atoms with Crippen LogP contribution in [0.3, 0.4) is 0 Å². The molecule has 1 aromatic heterocycles. The molecule has 3 rings (SSSR count). The van der Waals surface area contributed by atoms with Crippen LogP contribution in [0.25, 0.3) is 0 Å². The molecule has 1 N–H and O–H groups in total. The Morgan fingerprint density at radius 1 is 1.11 bits per heavy atom. The minimum absolute atomic E-state index is 0.151.